The van der Waals surface area contributed by atoms with Gasteiger partial charge in [0.2, 0.25) is 0 Å². The second-order valence-electron chi connectivity index (χ2n) is 4.49. The third-order valence-corrected chi connectivity index (χ3v) is 4.01. The number of halogens is 1. The van der Waals surface area contributed by atoms with E-state index in [2.05, 4.69) is 5.32 Å². The number of rotatable bonds is 2. The van der Waals surface area contributed by atoms with E-state index >= 15 is 0 Å². The molecule has 1 N–H and O–H groups in total. The molecule has 1 aromatic carbocycles. The van der Waals surface area contributed by atoms with E-state index in [0.717, 1.165) is 10.5 Å². The zero-order valence-electron chi connectivity index (χ0n) is 11.1. The van der Waals surface area contributed by atoms with E-state index in [-0.39, 0.29) is 16.4 Å². The average molecular weight is 332 g/mol. The van der Waals surface area contributed by atoms with Crippen molar-refractivity contribution in [1.82, 2.24) is 5.32 Å². The topological polar surface area (TPSA) is 49.4 Å². The molecule has 1 aliphatic rings. The van der Waals surface area contributed by atoms with Crippen LogP contribution in [0.2, 0.25) is 0 Å². The summed E-state index contributed by atoms with van der Waals surface area (Å²) in [5, 5.41) is 6.04. The smallest absolute Gasteiger partial charge is 0.270 e. The Morgan fingerprint density at radius 3 is 2.77 bits per heavy atom. The van der Waals surface area contributed by atoms with Crippen LogP contribution in [0.3, 0.4) is 0 Å². The molecular weight excluding hydrogens is 323 g/mol. The standard InChI is InChI=1S/C15H9FN2O2S2/c16-10-2-1-3-11(7-10)18-14(20)12(13(19)17-15(18)21)6-9-4-5-22-8-9/h1-8H,(H,17,19,21). The van der Waals surface area contributed by atoms with Crippen LogP contribution in [0.25, 0.3) is 6.08 Å². The first-order valence-electron chi connectivity index (χ1n) is 6.25. The second kappa shape index (κ2) is 5.78. The van der Waals surface area contributed by atoms with Gasteiger partial charge in [-0.05, 0) is 58.9 Å². The SMILES string of the molecule is O=C1NC(=S)N(c2cccc(F)c2)C(=O)C1=Cc1ccsc1. The molecular formula is C15H9FN2O2S2. The summed E-state index contributed by atoms with van der Waals surface area (Å²) in [4.78, 5) is 25.7. The van der Waals surface area contributed by atoms with E-state index in [1.165, 1.54) is 35.6 Å². The first kappa shape index (κ1) is 14.6. The van der Waals surface area contributed by atoms with Crippen molar-refractivity contribution in [2.45, 2.75) is 0 Å². The van der Waals surface area contributed by atoms with E-state index < -0.39 is 17.6 Å². The number of amides is 2. The summed E-state index contributed by atoms with van der Waals surface area (Å²) in [6.07, 6.45) is 1.49. The molecule has 2 amide bonds. The molecule has 0 spiro atoms. The Morgan fingerprint density at radius 2 is 2.09 bits per heavy atom. The highest BCUT2D eigenvalue weighted by Gasteiger charge is 2.34. The number of hydrogen-bond acceptors (Lipinski definition) is 4. The van der Waals surface area contributed by atoms with Crippen molar-refractivity contribution in [1.29, 1.82) is 0 Å². The number of carbonyl (C=O) groups is 2. The summed E-state index contributed by atoms with van der Waals surface area (Å²) in [6.45, 7) is 0. The van der Waals surface area contributed by atoms with E-state index in [1.807, 2.05) is 10.8 Å². The van der Waals surface area contributed by atoms with Gasteiger partial charge in [0.1, 0.15) is 11.4 Å². The lowest BCUT2D eigenvalue weighted by molar-refractivity contribution is -0.122. The minimum atomic E-state index is -0.578. The molecule has 1 aromatic heterocycles. The van der Waals surface area contributed by atoms with Gasteiger partial charge < -0.3 is 0 Å². The molecule has 0 radical (unpaired) electrons. The Bertz CT molecular complexity index is 800. The Balaban J connectivity index is 2.03. The quantitative estimate of drug-likeness (QED) is 0.523. The van der Waals surface area contributed by atoms with Gasteiger partial charge in [0.05, 0.1) is 5.69 Å². The minimum absolute atomic E-state index is 0.0451. The van der Waals surface area contributed by atoms with Crippen molar-refractivity contribution in [3.8, 4) is 0 Å². The number of nitrogens with one attached hydrogen (secondary N) is 1. The molecule has 1 saturated heterocycles. The van der Waals surface area contributed by atoms with E-state index in [9.17, 15) is 14.0 Å². The first-order valence-corrected chi connectivity index (χ1v) is 7.60. The molecule has 2 aromatic rings. The van der Waals surface area contributed by atoms with Crippen LogP contribution in [-0.4, -0.2) is 16.9 Å². The molecule has 110 valence electrons. The number of nitrogens with zero attached hydrogens (tertiary/aromatic N) is 1. The molecule has 2 heterocycles. The van der Waals surface area contributed by atoms with Crippen molar-refractivity contribution in [2.24, 2.45) is 0 Å². The van der Waals surface area contributed by atoms with Crippen molar-refractivity contribution < 1.29 is 14.0 Å². The fourth-order valence-electron chi connectivity index (χ4n) is 2.03. The highest BCUT2D eigenvalue weighted by atomic mass is 32.1. The van der Waals surface area contributed by atoms with Gasteiger partial charge in [-0.1, -0.05) is 6.07 Å². The lowest BCUT2D eigenvalue weighted by Gasteiger charge is -2.28. The van der Waals surface area contributed by atoms with Gasteiger partial charge in [-0.2, -0.15) is 11.3 Å². The molecule has 0 saturated carbocycles. The van der Waals surface area contributed by atoms with Crippen LogP contribution in [-0.2, 0) is 9.59 Å². The Morgan fingerprint density at radius 1 is 1.27 bits per heavy atom. The molecule has 3 rings (SSSR count). The highest BCUT2D eigenvalue weighted by molar-refractivity contribution is 7.80. The van der Waals surface area contributed by atoms with Crippen LogP contribution >= 0.6 is 23.6 Å². The van der Waals surface area contributed by atoms with Crippen molar-refractivity contribution >= 4 is 52.2 Å². The molecule has 0 unspecified atom stereocenters. The molecule has 0 bridgehead atoms. The van der Waals surface area contributed by atoms with Crippen molar-refractivity contribution in [3.05, 3.63) is 58.0 Å². The molecule has 1 aliphatic heterocycles. The summed E-state index contributed by atoms with van der Waals surface area (Å²) >= 11 is 6.49. The fourth-order valence-corrected chi connectivity index (χ4v) is 2.93. The summed E-state index contributed by atoms with van der Waals surface area (Å²) in [7, 11) is 0. The average Bonchev–Trinajstić information content (AvgIpc) is 2.96. The third-order valence-electron chi connectivity index (χ3n) is 3.02. The Labute approximate surface area is 134 Å². The number of hydrogen-bond donors (Lipinski definition) is 1. The van der Waals surface area contributed by atoms with Crippen LogP contribution in [0, 0.1) is 5.82 Å². The molecule has 4 nitrogen and oxygen atoms in total. The highest BCUT2D eigenvalue weighted by Crippen LogP contribution is 2.23. The lowest BCUT2D eigenvalue weighted by Crippen LogP contribution is -2.54. The van der Waals surface area contributed by atoms with Gasteiger partial charge in [0, 0.05) is 0 Å². The maximum atomic E-state index is 13.4. The number of anilines is 1. The van der Waals surface area contributed by atoms with Gasteiger partial charge in [-0.15, -0.1) is 0 Å². The predicted octanol–water partition coefficient (Wildman–Crippen LogP) is 2.72. The van der Waals surface area contributed by atoms with Gasteiger partial charge in [0.25, 0.3) is 11.8 Å². The number of benzene rings is 1. The molecule has 22 heavy (non-hydrogen) atoms. The van der Waals surface area contributed by atoms with E-state index in [1.54, 1.807) is 12.1 Å². The van der Waals surface area contributed by atoms with Crippen molar-refractivity contribution in [3.63, 3.8) is 0 Å². The lowest BCUT2D eigenvalue weighted by atomic mass is 10.1. The number of thiophene rings is 1. The van der Waals surface area contributed by atoms with Crippen LogP contribution in [0.15, 0.2) is 46.7 Å². The van der Waals surface area contributed by atoms with E-state index in [4.69, 9.17) is 12.2 Å². The largest absolute Gasteiger partial charge is 0.298 e. The van der Waals surface area contributed by atoms with Crippen molar-refractivity contribution in [2.75, 3.05) is 4.90 Å². The molecule has 7 heteroatoms. The van der Waals surface area contributed by atoms with Gasteiger partial charge in [0.15, 0.2) is 5.11 Å². The number of thiocarbonyl (C=S) groups is 1. The second-order valence-corrected chi connectivity index (χ2v) is 5.66. The normalized spacial score (nSPS) is 17.0. The number of carbonyl (C=O) groups excluding carboxylic acids is 2. The predicted molar refractivity (Wildman–Crippen MR) is 86.9 cm³/mol. The monoisotopic (exact) mass is 332 g/mol. The van der Waals surface area contributed by atoms with Crippen LogP contribution < -0.4 is 10.2 Å². The molecule has 0 atom stereocenters. The van der Waals surface area contributed by atoms with Crippen LogP contribution in [0.5, 0.6) is 0 Å². The maximum absolute atomic E-state index is 13.4. The zero-order valence-corrected chi connectivity index (χ0v) is 12.7. The van der Waals surface area contributed by atoms with Crippen LogP contribution in [0.1, 0.15) is 5.56 Å². The van der Waals surface area contributed by atoms with Gasteiger partial charge in [-0.25, -0.2) is 4.39 Å². The van der Waals surface area contributed by atoms with Gasteiger partial charge >= 0.3 is 0 Å². The Kier molecular flexibility index (Phi) is 3.82. The first-order chi connectivity index (χ1) is 10.6. The summed E-state index contributed by atoms with van der Waals surface area (Å²) in [5.74, 6) is -1.63. The summed E-state index contributed by atoms with van der Waals surface area (Å²) < 4.78 is 13.4. The van der Waals surface area contributed by atoms with E-state index in [0.29, 0.717) is 0 Å². The fraction of sp³-hybridized carbons (Fsp3) is 0. The summed E-state index contributed by atoms with van der Waals surface area (Å²) in [5.41, 5.74) is 0.970. The molecule has 0 aliphatic carbocycles. The third kappa shape index (κ3) is 2.68. The van der Waals surface area contributed by atoms with Crippen LogP contribution in [0.4, 0.5) is 10.1 Å². The maximum Gasteiger partial charge on any atom is 0.270 e. The zero-order chi connectivity index (χ0) is 15.7. The summed E-state index contributed by atoms with van der Waals surface area (Å²) in [6, 6.07) is 7.26. The minimum Gasteiger partial charge on any atom is -0.298 e. The van der Waals surface area contributed by atoms with Gasteiger partial charge in [-0.3, -0.25) is 19.8 Å². The molecule has 1 fully saturated rings. The Hall–Kier alpha value is -2.38.